The molecule has 14 aromatic rings. The highest BCUT2D eigenvalue weighted by Crippen LogP contribution is 2.58. The molecule has 0 fully saturated rings. The van der Waals surface area contributed by atoms with Crippen molar-refractivity contribution in [1.29, 1.82) is 0 Å². The van der Waals surface area contributed by atoms with E-state index in [0.717, 1.165) is 105 Å². The lowest BCUT2D eigenvalue weighted by atomic mass is 9.67. The Kier molecular flexibility index (Phi) is 8.54. The van der Waals surface area contributed by atoms with Gasteiger partial charge in [-0.3, -0.25) is 0 Å². The van der Waals surface area contributed by atoms with Gasteiger partial charge in [0.25, 0.3) is 0 Å². The number of hydrogen-bond donors (Lipinski definition) is 0. The number of benzene rings is 11. The van der Waals surface area contributed by atoms with Crippen LogP contribution in [-0.2, 0) is 5.41 Å². The van der Waals surface area contributed by atoms with Crippen LogP contribution in [0.4, 0.5) is 17.1 Å². The monoisotopic (exact) mass is 907 g/mol. The van der Waals surface area contributed by atoms with Gasteiger partial charge in [0, 0.05) is 49.5 Å². The molecule has 0 atom stereocenters. The fourth-order valence-electron chi connectivity index (χ4n) is 12.0. The Balaban J connectivity index is 1.00. The number of furan rings is 3. The van der Waals surface area contributed by atoms with Crippen molar-refractivity contribution < 1.29 is 13.3 Å². The van der Waals surface area contributed by atoms with E-state index < -0.39 is 5.41 Å². The molecule has 0 saturated carbocycles. The molecule has 0 radical (unpaired) electrons. The van der Waals surface area contributed by atoms with Crippen molar-refractivity contribution in [2.24, 2.45) is 0 Å². The normalized spacial score (nSPS) is 12.9. The summed E-state index contributed by atoms with van der Waals surface area (Å²) < 4.78 is 21.0. The lowest BCUT2D eigenvalue weighted by molar-refractivity contribution is 0.664. The predicted octanol–water partition coefficient (Wildman–Crippen LogP) is 18.6. The van der Waals surface area contributed by atoms with Crippen molar-refractivity contribution in [3.8, 4) is 33.4 Å². The van der Waals surface area contributed by atoms with Gasteiger partial charge in [-0.1, -0.05) is 194 Å². The van der Waals surface area contributed by atoms with E-state index >= 15 is 0 Å². The van der Waals surface area contributed by atoms with Gasteiger partial charge in [-0.25, -0.2) is 0 Å². The highest BCUT2D eigenvalue weighted by Gasteiger charge is 2.46. The van der Waals surface area contributed by atoms with E-state index in [-0.39, 0.29) is 0 Å². The summed E-state index contributed by atoms with van der Waals surface area (Å²) in [6, 6.07) is 89.0. The molecule has 71 heavy (non-hydrogen) atoms. The maximum atomic E-state index is 7.39. The largest absolute Gasteiger partial charge is 0.456 e. The standard InChI is InChI=1S/C67H41NO3/c1-4-19-42(20-5-1)47-25-11-15-31-57(47)68(58-32-18-29-52-50-27-12-16-33-59(50)70-65(52)58)46-36-38-51-54-41-62-64(53-28-13-17-34-60(53)69-62)63(66(54)71-61(51)40-46)43-35-37-49-48-26-10-14-30-55(48)67(56(49)39-43,44-21-6-2-7-22-44)45-23-8-3-9-24-45/h1-41H. The quantitative estimate of drug-likeness (QED) is 0.160. The van der Waals surface area contributed by atoms with Crippen molar-refractivity contribution >= 4 is 82.9 Å². The first kappa shape index (κ1) is 39.6. The number of hydrogen-bond acceptors (Lipinski definition) is 4. The molecule has 332 valence electrons. The molecule has 0 bridgehead atoms. The van der Waals surface area contributed by atoms with Crippen molar-refractivity contribution in [2.75, 3.05) is 4.90 Å². The first-order valence-corrected chi connectivity index (χ1v) is 24.2. The Bertz CT molecular complexity index is 4370. The first-order valence-electron chi connectivity index (χ1n) is 24.2. The van der Waals surface area contributed by atoms with Gasteiger partial charge < -0.3 is 18.2 Å². The van der Waals surface area contributed by atoms with E-state index in [2.05, 4.69) is 235 Å². The van der Waals surface area contributed by atoms with Gasteiger partial charge in [0.05, 0.1) is 22.5 Å². The third kappa shape index (κ3) is 5.73. The molecule has 1 aliphatic carbocycles. The van der Waals surface area contributed by atoms with Crippen molar-refractivity contribution in [3.05, 3.63) is 271 Å². The molecule has 11 aromatic carbocycles. The Labute approximate surface area is 408 Å². The molecule has 3 heterocycles. The zero-order valence-corrected chi connectivity index (χ0v) is 38.3. The Morgan fingerprint density at radius 3 is 1.69 bits per heavy atom. The summed E-state index contributed by atoms with van der Waals surface area (Å²) in [5.41, 5.74) is 18.9. The molecule has 0 saturated heterocycles. The van der Waals surface area contributed by atoms with Gasteiger partial charge in [0.15, 0.2) is 5.58 Å². The molecule has 1 aliphatic rings. The molecule has 15 rings (SSSR count). The fourth-order valence-corrected chi connectivity index (χ4v) is 12.0. The average molecular weight is 908 g/mol. The van der Waals surface area contributed by atoms with Gasteiger partial charge in [-0.05, 0) is 93.0 Å². The summed E-state index contributed by atoms with van der Waals surface area (Å²) in [7, 11) is 0. The number of para-hydroxylation sites is 4. The smallest absolute Gasteiger partial charge is 0.159 e. The van der Waals surface area contributed by atoms with E-state index in [9.17, 15) is 0 Å². The molecule has 0 N–H and O–H groups in total. The summed E-state index contributed by atoms with van der Waals surface area (Å²) in [4.78, 5) is 2.32. The Morgan fingerprint density at radius 2 is 0.901 bits per heavy atom. The predicted molar refractivity (Wildman–Crippen MR) is 291 cm³/mol. The molecule has 4 heteroatoms. The van der Waals surface area contributed by atoms with E-state index in [1.165, 1.54) is 33.4 Å². The molecule has 0 aliphatic heterocycles. The third-order valence-corrected chi connectivity index (χ3v) is 14.9. The van der Waals surface area contributed by atoms with Crippen molar-refractivity contribution in [1.82, 2.24) is 0 Å². The fraction of sp³-hybridized carbons (Fsp3) is 0.0149. The van der Waals surface area contributed by atoms with Crippen LogP contribution in [0.15, 0.2) is 262 Å². The molecular weight excluding hydrogens is 867 g/mol. The third-order valence-electron chi connectivity index (χ3n) is 14.9. The minimum absolute atomic E-state index is 0.569. The second-order valence-electron chi connectivity index (χ2n) is 18.6. The zero-order valence-electron chi connectivity index (χ0n) is 38.3. The van der Waals surface area contributed by atoms with Crippen molar-refractivity contribution in [2.45, 2.75) is 5.41 Å². The molecule has 0 amide bonds. The Morgan fingerprint density at radius 1 is 0.310 bits per heavy atom. The number of nitrogens with zero attached hydrogens (tertiary/aromatic N) is 1. The van der Waals surface area contributed by atoms with E-state index in [4.69, 9.17) is 13.3 Å². The first-order chi connectivity index (χ1) is 35.2. The molecule has 4 nitrogen and oxygen atoms in total. The zero-order chi connectivity index (χ0) is 46.6. The average Bonchev–Trinajstić information content (AvgIpc) is 4.19. The summed E-state index contributed by atoms with van der Waals surface area (Å²) in [5.74, 6) is 0. The number of rotatable bonds is 7. The van der Waals surface area contributed by atoms with Crippen LogP contribution in [0.2, 0.25) is 0 Å². The van der Waals surface area contributed by atoms with Crippen LogP contribution in [0.3, 0.4) is 0 Å². The van der Waals surface area contributed by atoms with Crippen LogP contribution in [-0.4, -0.2) is 0 Å². The van der Waals surface area contributed by atoms with Gasteiger partial charge >= 0.3 is 0 Å². The van der Waals surface area contributed by atoms with Crippen LogP contribution >= 0.6 is 0 Å². The summed E-state index contributed by atoms with van der Waals surface area (Å²) in [6.45, 7) is 0. The molecule has 3 aromatic heterocycles. The van der Waals surface area contributed by atoms with E-state index in [1.807, 2.05) is 18.2 Å². The Hall–Kier alpha value is -9.38. The topological polar surface area (TPSA) is 42.7 Å². The maximum Gasteiger partial charge on any atom is 0.159 e. The van der Waals surface area contributed by atoms with Crippen LogP contribution in [0.5, 0.6) is 0 Å². The highest BCUT2D eigenvalue weighted by atomic mass is 16.3. The van der Waals surface area contributed by atoms with Crippen LogP contribution in [0.1, 0.15) is 22.3 Å². The number of anilines is 3. The highest BCUT2D eigenvalue weighted by molar-refractivity contribution is 6.24. The lowest BCUT2D eigenvalue weighted by Crippen LogP contribution is -2.28. The van der Waals surface area contributed by atoms with Crippen LogP contribution in [0.25, 0.3) is 99.2 Å². The van der Waals surface area contributed by atoms with Gasteiger partial charge in [-0.15, -0.1) is 0 Å². The van der Waals surface area contributed by atoms with Gasteiger partial charge in [-0.2, -0.15) is 0 Å². The molecule has 0 unspecified atom stereocenters. The summed E-state index contributed by atoms with van der Waals surface area (Å²) in [6.07, 6.45) is 0. The second kappa shape index (κ2) is 15.3. The van der Waals surface area contributed by atoms with Gasteiger partial charge in [0.2, 0.25) is 0 Å². The molecule has 0 spiro atoms. The summed E-state index contributed by atoms with van der Waals surface area (Å²) >= 11 is 0. The maximum absolute atomic E-state index is 7.39. The lowest BCUT2D eigenvalue weighted by Gasteiger charge is -2.34. The van der Waals surface area contributed by atoms with E-state index in [0.29, 0.717) is 0 Å². The number of fused-ring (bicyclic) bond motifs is 12. The minimum Gasteiger partial charge on any atom is -0.456 e. The summed E-state index contributed by atoms with van der Waals surface area (Å²) in [5, 5.41) is 6.21. The van der Waals surface area contributed by atoms with Crippen LogP contribution < -0.4 is 4.90 Å². The second-order valence-corrected chi connectivity index (χ2v) is 18.6. The van der Waals surface area contributed by atoms with Crippen molar-refractivity contribution in [3.63, 3.8) is 0 Å². The minimum atomic E-state index is -0.569. The van der Waals surface area contributed by atoms with Gasteiger partial charge in [0.1, 0.15) is 27.9 Å². The molecular formula is C67H41NO3. The SMILES string of the molecule is c1ccc(-c2ccccc2N(c2ccc3c(c2)oc2c(-c4ccc5c(c4)C(c4ccccc4)(c4ccccc4)c4ccccc4-5)c4c(cc23)oc2ccccc24)c2cccc3c2oc2ccccc23)cc1. The van der Waals surface area contributed by atoms with Crippen LogP contribution in [0, 0.1) is 0 Å². The van der Waals surface area contributed by atoms with E-state index in [1.54, 1.807) is 0 Å².